The topological polar surface area (TPSA) is 70.5 Å². The van der Waals surface area contributed by atoms with E-state index in [1.807, 2.05) is 36.4 Å². The van der Waals surface area contributed by atoms with E-state index < -0.39 is 10.0 Å². The van der Waals surface area contributed by atoms with E-state index >= 15 is 0 Å². The fourth-order valence-electron chi connectivity index (χ4n) is 4.45. The van der Waals surface area contributed by atoms with Gasteiger partial charge in [0.15, 0.2) is 0 Å². The fraction of sp³-hybridized carbons (Fsp3) is 0.381. The monoisotopic (exact) mass is 418 g/mol. The minimum atomic E-state index is -3.17. The molecule has 148 valence electrons. The number of aliphatic hydroxyl groups is 1. The molecule has 1 aliphatic carbocycles. The second kappa shape index (κ2) is 7.59. The van der Waals surface area contributed by atoms with E-state index in [0.717, 1.165) is 40.8 Å². The molecule has 1 atom stereocenters. The van der Waals surface area contributed by atoms with Crippen LogP contribution in [-0.2, 0) is 10.0 Å². The van der Waals surface area contributed by atoms with Crippen LogP contribution >= 0.6 is 11.6 Å². The number of pyridine rings is 1. The summed E-state index contributed by atoms with van der Waals surface area (Å²) >= 11 is 6.25. The molecule has 1 N–H and O–H groups in total. The highest BCUT2D eigenvalue weighted by Gasteiger charge is 2.35. The number of sulfonamides is 1. The largest absolute Gasteiger partial charge is 0.392 e. The molecule has 2 heterocycles. The van der Waals surface area contributed by atoms with Crippen molar-refractivity contribution < 1.29 is 13.5 Å². The molecule has 0 radical (unpaired) electrons. The number of fused-ring (bicyclic) bond motifs is 2. The van der Waals surface area contributed by atoms with Crippen LogP contribution in [-0.4, -0.2) is 48.8 Å². The average molecular weight is 419 g/mol. The molecule has 0 amide bonds. The molecule has 4 rings (SSSR count). The third-order valence-corrected chi connectivity index (χ3v) is 7.34. The minimum absolute atomic E-state index is 0.0328. The van der Waals surface area contributed by atoms with Crippen LogP contribution in [0.5, 0.6) is 0 Å². The number of aliphatic hydroxyl groups excluding tert-OH is 1. The van der Waals surface area contributed by atoms with E-state index in [4.69, 9.17) is 16.6 Å². The van der Waals surface area contributed by atoms with E-state index in [9.17, 15) is 13.5 Å². The van der Waals surface area contributed by atoms with Gasteiger partial charge in [-0.15, -0.1) is 0 Å². The number of benzene rings is 1. The maximum absolute atomic E-state index is 11.9. The molecule has 1 aromatic heterocycles. The van der Waals surface area contributed by atoms with Crippen molar-refractivity contribution in [2.24, 2.45) is 5.92 Å². The Hall–Kier alpha value is -1.73. The van der Waals surface area contributed by atoms with Crippen LogP contribution in [0.25, 0.3) is 11.6 Å². The molecule has 2 aromatic rings. The normalized spacial score (nSPS) is 20.8. The Morgan fingerprint density at radius 2 is 2.00 bits per heavy atom. The van der Waals surface area contributed by atoms with Gasteiger partial charge < -0.3 is 5.11 Å². The van der Waals surface area contributed by atoms with Gasteiger partial charge in [-0.2, -0.15) is 0 Å². The van der Waals surface area contributed by atoms with Gasteiger partial charge in [0.2, 0.25) is 10.0 Å². The first-order chi connectivity index (χ1) is 13.4. The van der Waals surface area contributed by atoms with Crippen molar-refractivity contribution in [3.63, 3.8) is 0 Å². The highest BCUT2D eigenvalue weighted by atomic mass is 35.5. The lowest BCUT2D eigenvalue weighted by molar-refractivity contribution is 0.256. The molecular formula is C21H23ClN2O3S. The number of hydrogen-bond acceptors (Lipinski definition) is 4. The Morgan fingerprint density at radius 3 is 2.68 bits per heavy atom. The number of halogens is 1. The Bertz CT molecular complexity index is 1030. The number of piperidine rings is 1. The van der Waals surface area contributed by atoms with Gasteiger partial charge in [-0.25, -0.2) is 12.7 Å². The molecule has 1 aromatic carbocycles. The maximum Gasteiger partial charge on any atom is 0.211 e. The smallest absolute Gasteiger partial charge is 0.211 e. The van der Waals surface area contributed by atoms with Crippen LogP contribution in [0, 0.1) is 5.92 Å². The van der Waals surface area contributed by atoms with E-state index in [1.54, 1.807) is 10.5 Å². The lowest BCUT2D eigenvalue weighted by Gasteiger charge is -2.35. The Labute approximate surface area is 170 Å². The molecule has 1 fully saturated rings. The molecule has 2 aliphatic rings. The summed E-state index contributed by atoms with van der Waals surface area (Å²) in [6.45, 7) is 0.959. The highest BCUT2D eigenvalue weighted by Crippen LogP contribution is 2.44. The van der Waals surface area contributed by atoms with Crippen molar-refractivity contribution in [2.45, 2.75) is 18.8 Å². The molecule has 0 bridgehead atoms. The summed E-state index contributed by atoms with van der Waals surface area (Å²) in [7, 11) is -3.17. The minimum Gasteiger partial charge on any atom is -0.392 e. The number of aromatic nitrogens is 1. The number of hydrogen-bond donors (Lipinski definition) is 1. The van der Waals surface area contributed by atoms with Crippen molar-refractivity contribution in [3.05, 3.63) is 63.9 Å². The SMILES string of the molecule is CS(=O)(=O)N1CCC(C2c3ccc(Cl)cc3C=C(CO)c3cccnc32)CC1. The van der Waals surface area contributed by atoms with Crippen molar-refractivity contribution in [1.29, 1.82) is 0 Å². The molecule has 1 aliphatic heterocycles. The maximum atomic E-state index is 11.9. The highest BCUT2D eigenvalue weighted by molar-refractivity contribution is 7.88. The van der Waals surface area contributed by atoms with Crippen molar-refractivity contribution >= 4 is 33.3 Å². The standard InChI is InChI=1S/C21H23ClN2O3S/c1-28(26,27)24-9-6-14(7-10-24)20-18-5-4-17(22)12-15(18)11-16(13-25)19-3-2-8-23-21(19)20/h2-5,8,11-12,14,20,25H,6-7,9-10,13H2,1H3. The Morgan fingerprint density at radius 1 is 1.25 bits per heavy atom. The first-order valence-electron chi connectivity index (χ1n) is 9.40. The summed E-state index contributed by atoms with van der Waals surface area (Å²) in [5.74, 6) is 0.295. The van der Waals surface area contributed by atoms with Crippen molar-refractivity contribution in [1.82, 2.24) is 9.29 Å². The first kappa shape index (κ1) is 19.6. The van der Waals surface area contributed by atoms with Gasteiger partial charge in [0.25, 0.3) is 0 Å². The molecule has 7 heteroatoms. The predicted molar refractivity (Wildman–Crippen MR) is 112 cm³/mol. The predicted octanol–water partition coefficient (Wildman–Crippen LogP) is 3.38. The first-order valence-corrected chi connectivity index (χ1v) is 11.6. The fourth-order valence-corrected chi connectivity index (χ4v) is 5.51. The Kier molecular flexibility index (Phi) is 5.31. The van der Waals surface area contributed by atoms with Gasteiger partial charge in [-0.05, 0) is 59.7 Å². The van der Waals surface area contributed by atoms with Gasteiger partial charge in [0.05, 0.1) is 18.6 Å². The summed E-state index contributed by atoms with van der Waals surface area (Å²) in [6, 6.07) is 9.74. The van der Waals surface area contributed by atoms with Gasteiger partial charge in [0, 0.05) is 35.8 Å². The average Bonchev–Trinajstić information content (AvgIpc) is 2.81. The van der Waals surface area contributed by atoms with Crippen molar-refractivity contribution in [2.75, 3.05) is 26.0 Å². The van der Waals surface area contributed by atoms with E-state index in [2.05, 4.69) is 0 Å². The van der Waals surface area contributed by atoms with Crippen LogP contribution in [0.15, 0.2) is 36.5 Å². The zero-order chi connectivity index (χ0) is 19.9. The quantitative estimate of drug-likeness (QED) is 0.829. The van der Waals surface area contributed by atoms with Crippen LogP contribution in [0.2, 0.25) is 5.02 Å². The van der Waals surface area contributed by atoms with Gasteiger partial charge >= 0.3 is 0 Å². The van der Waals surface area contributed by atoms with E-state index in [0.29, 0.717) is 18.1 Å². The molecule has 0 spiro atoms. The van der Waals surface area contributed by atoms with Crippen molar-refractivity contribution in [3.8, 4) is 0 Å². The van der Waals surface area contributed by atoms with Gasteiger partial charge in [0.1, 0.15) is 0 Å². The van der Waals surface area contributed by atoms with Gasteiger partial charge in [-0.1, -0.05) is 23.7 Å². The third kappa shape index (κ3) is 3.62. The Balaban J connectivity index is 1.80. The molecule has 5 nitrogen and oxygen atoms in total. The number of nitrogens with zero attached hydrogens (tertiary/aromatic N) is 2. The van der Waals surface area contributed by atoms with E-state index in [1.165, 1.54) is 6.26 Å². The lowest BCUT2D eigenvalue weighted by Crippen LogP contribution is -2.39. The summed E-state index contributed by atoms with van der Waals surface area (Å²) in [4.78, 5) is 4.71. The number of rotatable bonds is 3. The summed E-state index contributed by atoms with van der Waals surface area (Å²) in [5, 5.41) is 10.6. The van der Waals surface area contributed by atoms with Gasteiger partial charge in [-0.3, -0.25) is 4.98 Å². The molecule has 0 saturated carbocycles. The van der Waals surface area contributed by atoms with Crippen LogP contribution in [0.4, 0.5) is 0 Å². The summed E-state index contributed by atoms with van der Waals surface area (Å²) in [5.41, 5.74) is 4.84. The summed E-state index contributed by atoms with van der Waals surface area (Å²) < 4.78 is 25.4. The van der Waals surface area contributed by atoms with E-state index in [-0.39, 0.29) is 18.4 Å². The zero-order valence-electron chi connectivity index (χ0n) is 15.7. The van der Waals surface area contributed by atoms with Crippen LogP contribution in [0.3, 0.4) is 0 Å². The molecule has 1 unspecified atom stereocenters. The second-order valence-corrected chi connectivity index (χ2v) is 9.93. The lowest BCUT2D eigenvalue weighted by atomic mass is 9.76. The van der Waals surface area contributed by atoms with Crippen LogP contribution < -0.4 is 0 Å². The molecule has 1 saturated heterocycles. The zero-order valence-corrected chi connectivity index (χ0v) is 17.2. The molecule has 28 heavy (non-hydrogen) atoms. The molecular weight excluding hydrogens is 396 g/mol. The van der Waals surface area contributed by atoms with Crippen LogP contribution in [0.1, 0.15) is 41.1 Å². The second-order valence-electron chi connectivity index (χ2n) is 7.51. The third-order valence-electron chi connectivity index (χ3n) is 5.80. The summed E-state index contributed by atoms with van der Waals surface area (Å²) in [6.07, 6.45) is 6.58.